The Kier molecular flexibility index (Phi) is 3.85. The molecular formula is C16H12F3NO3. The van der Waals surface area contributed by atoms with E-state index in [4.69, 9.17) is 9.47 Å². The summed E-state index contributed by atoms with van der Waals surface area (Å²) in [6.45, 7) is -0.137. The Morgan fingerprint density at radius 1 is 1.09 bits per heavy atom. The summed E-state index contributed by atoms with van der Waals surface area (Å²) >= 11 is 0. The zero-order chi connectivity index (χ0) is 16.4. The molecule has 1 aliphatic heterocycles. The molecule has 3 rings (SSSR count). The summed E-state index contributed by atoms with van der Waals surface area (Å²) in [6.07, 6.45) is -4.46. The number of alkyl halides is 3. The fourth-order valence-corrected chi connectivity index (χ4v) is 2.27. The Balaban J connectivity index is 1.73. The van der Waals surface area contributed by atoms with Gasteiger partial charge in [-0.1, -0.05) is 18.2 Å². The van der Waals surface area contributed by atoms with E-state index in [2.05, 4.69) is 5.32 Å². The van der Waals surface area contributed by atoms with Crippen LogP contribution < -0.4 is 14.8 Å². The zero-order valence-corrected chi connectivity index (χ0v) is 11.8. The number of hydrogen-bond acceptors (Lipinski definition) is 3. The van der Waals surface area contributed by atoms with E-state index in [1.807, 2.05) is 0 Å². The highest BCUT2D eigenvalue weighted by atomic mass is 19.4. The predicted octanol–water partition coefficient (Wildman–Crippen LogP) is 3.36. The molecule has 1 amide bonds. The van der Waals surface area contributed by atoms with E-state index < -0.39 is 17.6 Å². The smallest absolute Gasteiger partial charge is 0.416 e. The number of halogens is 3. The van der Waals surface area contributed by atoms with E-state index in [1.54, 1.807) is 6.07 Å². The molecule has 2 aromatic carbocycles. The Bertz CT molecular complexity index is 744. The molecule has 0 radical (unpaired) electrons. The van der Waals surface area contributed by atoms with Crippen molar-refractivity contribution in [3.63, 3.8) is 0 Å². The normalized spacial score (nSPS) is 13.0. The van der Waals surface area contributed by atoms with Gasteiger partial charge in [0.05, 0.1) is 5.56 Å². The van der Waals surface area contributed by atoms with Crippen molar-refractivity contribution in [2.75, 3.05) is 6.79 Å². The van der Waals surface area contributed by atoms with E-state index >= 15 is 0 Å². The van der Waals surface area contributed by atoms with Crippen molar-refractivity contribution in [2.45, 2.75) is 12.7 Å². The first-order chi connectivity index (χ1) is 10.9. The molecule has 0 saturated heterocycles. The molecule has 0 saturated carbocycles. The first kappa shape index (κ1) is 15.2. The quantitative estimate of drug-likeness (QED) is 0.942. The van der Waals surface area contributed by atoms with Crippen LogP contribution in [-0.4, -0.2) is 12.7 Å². The van der Waals surface area contributed by atoms with Crippen molar-refractivity contribution in [3.8, 4) is 11.5 Å². The molecule has 1 aliphatic rings. The maximum absolute atomic E-state index is 12.9. The minimum atomic E-state index is -4.46. The predicted molar refractivity (Wildman–Crippen MR) is 75.2 cm³/mol. The summed E-state index contributed by atoms with van der Waals surface area (Å²) < 4.78 is 49.0. The molecule has 4 nitrogen and oxygen atoms in total. The number of benzene rings is 2. The van der Waals surface area contributed by atoms with Gasteiger partial charge in [-0.15, -0.1) is 0 Å². The highest BCUT2D eigenvalue weighted by Gasteiger charge is 2.32. The van der Waals surface area contributed by atoms with Crippen molar-refractivity contribution >= 4 is 5.91 Å². The molecule has 0 unspecified atom stereocenters. The van der Waals surface area contributed by atoms with E-state index in [0.29, 0.717) is 17.1 Å². The lowest BCUT2D eigenvalue weighted by atomic mass is 10.1. The van der Waals surface area contributed by atoms with Gasteiger partial charge in [0.15, 0.2) is 11.5 Å². The first-order valence-corrected chi connectivity index (χ1v) is 6.78. The molecule has 0 spiro atoms. The third-order valence-corrected chi connectivity index (χ3v) is 3.40. The van der Waals surface area contributed by atoms with Gasteiger partial charge in [0, 0.05) is 12.1 Å². The van der Waals surface area contributed by atoms with Gasteiger partial charge in [-0.2, -0.15) is 13.2 Å². The summed E-state index contributed by atoms with van der Waals surface area (Å²) in [5.74, 6) is 0.484. The second kappa shape index (κ2) is 5.83. The van der Waals surface area contributed by atoms with Crippen LogP contribution in [0.3, 0.4) is 0 Å². The number of rotatable bonds is 3. The molecule has 120 valence electrons. The van der Waals surface area contributed by atoms with Gasteiger partial charge in [-0.05, 0) is 29.8 Å². The van der Waals surface area contributed by atoms with Crippen molar-refractivity contribution in [2.24, 2.45) is 0 Å². The summed E-state index contributed by atoms with van der Waals surface area (Å²) in [5.41, 5.74) is -0.459. The van der Waals surface area contributed by atoms with Crippen LogP contribution in [0.25, 0.3) is 0 Å². The maximum Gasteiger partial charge on any atom is 0.416 e. The molecule has 7 heteroatoms. The molecule has 1 heterocycles. The molecule has 0 atom stereocenters. The molecular weight excluding hydrogens is 311 g/mol. The van der Waals surface area contributed by atoms with Gasteiger partial charge < -0.3 is 14.8 Å². The Morgan fingerprint density at radius 3 is 2.61 bits per heavy atom. The van der Waals surface area contributed by atoms with Gasteiger partial charge >= 0.3 is 6.18 Å². The maximum atomic E-state index is 12.9. The van der Waals surface area contributed by atoms with Crippen LogP contribution in [0, 0.1) is 0 Å². The number of ether oxygens (including phenoxy) is 2. The summed E-state index contributed by atoms with van der Waals surface area (Å²) in [5, 5.41) is 2.48. The van der Waals surface area contributed by atoms with Gasteiger partial charge in [0.25, 0.3) is 5.91 Å². The van der Waals surface area contributed by atoms with Crippen molar-refractivity contribution in [1.82, 2.24) is 5.32 Å². The highest BCUT2D eigenvalue weighted by molar-refractivity contribution is 5.94. The molecule has 23 heavy (non-hydrogen) atoms. The van der Waals surface area contributed by atoms with Crippen LogP contribution in [0.5, 0.6) is 11.5 Å². The molecule has 0 fully saturated rings. The number of fused-ring (bicyclic) bond motifs is 1. The van der Waals surface area contributed by atoms with E-state index in [-0.39, 0.29) is 18.9 Å². The van der Waals surface area contributed by atoms with Crippen LogP contribution in [0.4, 0.5) is 13.2 Å². The van der Waals surface area contributed by atoms with Crippen molar-refractivity contribution in [3.05, 3.63) is 59.2 Å². The van der Waals surface area contributed by atoms with E-state index in [9.17, 15) is 18.0 Å². The van der Waals surface area contributed by atoms with Crippen LogP contribution in [-0.2, 0) is 12.7 Å². The van der Waals surface area contributed by atoms with Gasteiger partial charge in [0.1, 0.15) is 0 Å². The van der Waals surface area contributed by atoms with Crippen LogP contribution in [0.15, 0.2) is 42.5 Å². The number of carbonyl (C=O) groups is 1. The zero-order valence-electron chi connectivity index (χ0n) is 11.8. The van der Waals surface area contributed by atoms with E-state index in [0.717, 1.165) is 6.07 Å². The van der Waals surface area contributed by atoms with Crippen LogP contribution in [0.2, 0.25) is 0 Å². The number of hydrogen-bond donors (Lipinski definition) is 1. The second-order valence-electron chi connectivity index (χ2n) is 4.91. The summed E-state index contributed by atoms with van der Waals surface area (Å²) in [7, 11) is 0. The van der Waals surface area contributed by atoms with Crippen molar-refractivity contribution in [1.29, 1.82) is 0 Å². The lowest BCUT2D eigenvalue weighted by Crippen LogP contribution is -2.24. The minimum Gasteiger partial charge on any atom is -0.454 e. The molecule has 2 aromatic rings. The van der Waals surface area contributed by atoms with Gasteiger partial charge in [0.2, 0.25) is 6.79 Å². The molecule has 0 aromatic heterocycles. The molecule has 1 N–H and O–H groups in total. The molecule has 0 bridgehead atoms. The van der Waals surface area contributed by atoms with Crippen molar-refractivity contribution < 1.29 is 27.4 Å². The lowest BCUT2D eigenvalue weighted by Gasteiger charge is -2.13. The molecule has 0 aliphatic carbocycles. The van der Waals surface area contributed by atoms with Crippen LogP contribution >= 0.6 is 0 Å². The topological polar surface area (TPSA) is 47.6 Å². The Labute approximate surface area is 129 Å². The number of carbonyl (C=O) groups excluding carboxylic acids is 1. The average molecular weight is 323 g/mol. The highest BCUT2D eigenvalue weighted by Crippen LogP contribution is 2.33. The fraction of sp³-hybridized carbons (Fsp3) is 0.188. The largest absolute Gasteiger partial charge is 0.454 e. The standard InChI is InChI=1S/C16H12F3NO3/c17-16(18,19)12-4-2-1-3-11(12)8-20-15(21)10-5-6-13-14(7-10)23-9-22-13/h1-7H,8-9H2,(H,20,21). The van der Waals surface area contributed by atoms with Gasteiger partial charge in [-0.25, -0.2) is 0 Å². The monoisotopic (exact) mass is 323 g/mol. The second-order valence-corrected chi connectivity index (χ2v) is 4.91. The lowest BCUT2D eigenvalue weighted by molar-refractivity contribution is -0.138. The third kappa shape index (κ3) is 3.23. The minimum absolute atomic E-state index is 0.00842. The number of nitrogens with one attached hydrogen (secondary N) is 1. The summed E-state index contributed by atoms with van der Waals surface area (Å²) in [4.78, 5) is 12.1. The number of amides is 1. The van der Waals surface area contributed by atoms with Gasteiger partial charge in [-0.3, -0.25) is 4.79 Å². The van der Waals surface area contributed by atoms with E-state index in [1.165, 1.54) is 30.3 Å². The fourth-order valence-electron chi connectivity index (χ4n) is 2.27. The third-order valence-electron chi connectivity index (χ3n) is 3.40. The van der Waals surface area contributed by atoms with Crippen LogP contribution in [0.1, 0.15) is 21.5 Å². The SMILES string of the molecule is O=C(NCc1ccccc1C(F)(F)F)c1ccc2c(c1)OCO2. The average Bonchev–Trinajstić information content (AvgIpc) is 2.99. The Hall–Kier alpha value is -2.70. The summed E-state index contributed by atoms with van der Waals surface area (Å²) in [6, 6.07) is 9.74. The first-order valence-electron chi connectivity index (χ1n) is 6.78. The Morgan fingerprint density at radius 2 is 1.83 bits per heavy atom.